The highest BCUT2D eigenvalue weighted by molar-refractivity contribution is 4.82. The molecule has 0 radical (unpaired) electrons. The molecule has 2 unspecified atom stereocenters. The Kier molecular flexibility index (Phi) is 6.20. The van der Waals surface area contributed by atoms with Crippen LogP contribution in [-0.2, 0) is 4.74 Å². The Morgan fingerprint density at radius 3 is 2.86 bits per heavy atom. The maximum absolute atomic E-state index is 5.42. The predicted octanol–water partition coefficient (Wildman–Crippen LogP) is 2.58. The molecule has 0 saturated heterocycles. The van der Waals surface area contributed by atoms with Crippen LogP contribution in [0, 0.1) is 5.92 Å². The van der Waals surface area contributed by atoms with Gasteiger partial charge in [0.1, 0.15) is 0 Å². The maximum Gasteiger partial charge on any atom is 0.0469 e. The lowest BCUT2D eigenvalue weighted by Gasteiger charge is -2.20. The van der Waals surface area contributed by atoms with Crippen molar-refractivity contribution in [3.8, 4) is 0 Å². The van der Waals surface area contributed by atoms with Crippen molar-refractivity contribution >= 4 is 0 Å². The van der Waals surface area contributed by atoms with Crippen LogP contribution in [0.3, 0.4) is 0 Å². The van der Waals surface area contributed by atoms with Gasteiger partial charge < -0.3 is 10.1 Å². The minimum absolute atomic E-state index is 0.774. The summed E-state index contributed by atoms with van der Waals surface area (Å²) < 4.78 is 5.42. The maximum atomic E-state index is 5.42. The standard InChI is InChI=1S/C12H25NO/c1-3-9-13-12-7-5-6-11(12)8-10-14-4-2/h11-13H,3-10H2,1-2H3. The first-order valence-electron chi connectivity index (χ1n) is 6.19. The topological polar surface area (TPSA) is 21.3 Å². The van der Waals surface area contributed by atoms with E-state index in [0.717, 1.165) is 25.2 Å². The molecule has 0 aromatic heterocycles. The Morgan fingerprint density at radius 1 is 1.29 bits per heavy atom. The van der Waals surface area contributed by atoms with Gasteiger partial charge in [0.05, 0.1) is 0 Å². The predicted molar refractivity (Wildman–Crippen MR) is 60.5 cm³/mol. The molecule has 1 fully saturated rings. The number of nitrogens with one attached hydrogen (secondary N) is 1. The molecule has 0 spiro atoms. The van der Waals surface area contributed by atoms with Crippen molar-refractivity contribution in [2.75, 3.05) is 19.8 Å². The van der Waals surface area contributed by atoms with E-state index in [1.54, 1.807) is 0 Å². The minimum atomic E-state index is 0.774. The van der Waals surface area contributed by atoms with E-state index < -0.39 is 0 Å². The molecule has 0 aliphatic heterocycles. The number of hydrogen-bond acceptors (Lipinski definition) is 2. The molecule has 1 N–H and O–H groups in total. The molecule has 1 rings (SSSR count). The van der Waals surface area contributed by atoms with Gasteiger partial charge in [-0.25, -0.2) is 0 Å². The van der Waals surface area contributed by atoms with Crippen LogP contribution in [0.1, 0.15) is 46.0 Å². The SMILES string of the molecule is CCCNC1CCCC1CCOCC. The van der Waals surface area contributed by atoms with E-state index in [4.69, 9.17) is 4.74 Å². The van der Waals surface area contributed by atoms with Crippen LogP contribution in [0.25, 0.3) is 0 Å². The lowest BCUT2D eigenvalue weighted by Crippen LogP contribution is -2.33. The van der Waals surface area contributed by atoms with Crippen LogP contribution in [0.2, 0.25) is 0 Å². The van der Waals surface area contributed by atoms with Crippen molar-refractivity contribution < 1.29 is 4.74 Å². The zero-order valence-corrected chi connectivity index (χ0v) is 9.72. The summed E-state index contributed by atoms with van der Waals surface area (Å²) in [6.45, 7) is 7.29. The summed E-state index contributed by atoms with van der Waals surface area (Å²) in [4.78, 5) is 0. The third-order valence-corrected chi connectivity index (χ3v) is 3.15. The van der Waals surface area contributed by atoms with E-state index in [9.17, 15) is 0 Å². The van der Waals surface area contributed by atoms with Gasteiger partial charge in [-0.1, -0.05) is 13.3 Å². The highest BCUT2D eigenvalue weighted by atomic mass is 16.5. The molecule has 2 nitrogen and oxygen atoms in total. The summed E-state index contributed by atoms with van der Waals surface area (Å²) in [5, 5.41) is 3.65. The summed E-state index contributed by atoms with van der Waals surface area (Å²) in [5.41, 5.74) is 0. The molecule has 2 heteroatoms. The fraction of sp³-hybridized carbons (Fsp3) is 1.00. The average molecular weight is 199 g/mol. The quantitative estimate of drug-likeness (QED) is 0.636. The lowest BCUT2D eigenvalue weighted by molar-refractivity contribution is 0.128. The van der Waals surface area contributed by atoms with Gasteiger partial charge in [0.25, 0.3) is 0 Å². The van der Waals surface area contributed by atoms with Crippen molar-refractivity contribution in [1.29, 1.82) is 0 Å². The first-order chi connectivity index (χ1) is 6.88. The molecular weight excluding hydrogens is 174 g/mol. The third kappa shape index (κ3) is 3.97. The molecule has 0 amide bonds. The average Bonchev–Trinajstić information content (AvgIpc) is 2.63. The van der Waals surface area contributed by atoms with Crippen LogP contribution in [-0.4, -0.2) is 25.8 Å². The second kappa shape index (κ2) is 7.24. The second-order valence-electron chi connectivity index (χ2n) is 4.24. The molecule has 1 aliphatic carbocycles. The Balaban J connectivity index is 2.14. The van der Waals surface area contributed by atoms with Crippen LogP contribution in [0.5, 0.6) is 0 Å². The van der Waals surface area contributed by atoms with Gasteiger partial charge in [-0.2, -0.15) is 0 Å². The highest BCUT2D eigenvalue weighted by Gasteiger charge is 2.25. The van der Waals surface area contributed by atoms with Gasteiger partial charge in [0, 0.05) is 19.3 Å². The smallest absolute Gasteiger partial charge is 0.0469 e. The monoisotopic (exact) mass is 199 g/mol. The molecule has 2 atom stereocenters. The first kappa shape index (κ1) is 12.0. The Morgan fingerprint density at radius 2 is 2.14 bits per heavy atom. The van der Waals surface area contributed by atoms with E-state index in [-0.39, 0.29) is 0 Å². The molecular formula is C12H25NO. The van der Waals surface area contributed by atoms with Crippen LogP contribution in [0.15, 0.2) is 0 Å². The van der Waals surface area contributed by atoms with Gasteiger partial charge in [0.2, 0.25) is 0 Å². The van der Waals surface area contributed by atoms with Crippen molar-refractivity contribution in [2.24, 2.45) is 5.92 Å². The van der Waals surface area contributed by atoms with Gasteiger partial charge in [0.15, 0.2) is 0 Å². The van der Waals surface area contributed by atoms with Gasteiger partial charge >= 0.3 is 0 Å². The Hall–Kier alpha value is -0.0800. The normalized spacial score (nSPS) is 27.0. The number of ether oxygens (including phenoxy) is 1. The summed E-state index contributed by atoms with van der Waals surface area (Å²) in [6.07, 6.45) is 6.66. The fourth-order valence-corrected chi connectivity index (χ4v) is 2.36. The zero-order chi connectivity index (χ0) is 10.2. The zero-order valence-electron chi connectivity index (χ0n) is 9.72. The van der Waals surface area contributed by atoms with Crippen LogP contribution >= 0.6 is 0 Å². The lowest BCUT2D eigenvalue weighted by atomic mass is 10.00. The molecule has 0 aromatic rings. The van der Waals surface area contributed by atoms with Crippen LogP contribution in [0.4, 0.5) is 0 Å². The molecule has 14 heavy (non-hydrogen) atoms. The molecule has 84 valence electrons. The fourth-order valence-electron chi connectivity index (χ4n) is 2.36. The Labute approximate surface area is 88.4 Å². The summed E-state index contributed by atoms with van der Waals surface area (Å²) in [6, 6.07) is 0.774. The molecule has 0 heterocycles. The highest BCUT2D eigenvalue weighted by Crippen LogP contribution is 2.28. The first-order valence-corrected chi connectivity index (χ1v) is 6.19. The van der Waals surface area contributed by atoms with Gasteiger partial charge in [-0.15, -0.1) is 0 Å². The van der Waals surface area contributed by atoms with Gasteiger partial charge in [-0.3, -0.25) is 0 Å². The van der Waals surface area contributed by atoms with E-state index in [0.29, 0.717) is 0 Å². The Bertz CT molecular complexity index is 138. The van der Waals surface area contributed by atoms with Gasteiger partial charge in [-0.05, 0) is 45.1 Å². The van der Waals surface area contributed by atoms with E-state index in [2.05, 4.69) is 19.2 Å². The summed E-state index contributed by atoms with van der Waals surface area (Å²) in [5.74, 6) is 0.869. The molecule has 0 aromatic carbocycles. The van der Waals surface area contributed by atoms with Crippen LogP contribution < -0.4 is 5.32 Å². The third-order valence-electron chi connectivity index (χ3n) is 3.15. The second-order valence-corrected chi connectivity index (χ2v) is 4.24. The van der Waals surface area contributed by atoms with E-state index in [1.807, 2.05) is 0 Å². The van der Waals surface area contributed by atoms with E-state index in [1.165, 1.54) is 38.6 Å². The molecule has 1 aliphatic rings. The largest absolute Gasteiger partial charge is 0.382 e. The number of hydrogen-bond donors (Lipinski definition) is 1. The minimum Gasteiger partial charge on any atom is -0.382 e. The molecule has 1 saturated carbocycles. The summed E-state index contributed by atoms with van der Waals surface area (Å²) >= 11 is 0. The summed E-state index contributed by atoms with van der Waals surface area (Å²) in [7, 11) is 0. The number of rotatable bonds is 7. The molecule has 0 bridgehead atoms. The van der Waals surface area contributed by atoms with Crippen molar-refractivity contribution in [2.45, 2.75) is 52.0 Å². The van der Waals surface area contributed by atoms with Crippen molar-refractivity contribution in [3.05, 3.63) is 0 Å². The van der Waals surface area contributed by atoms with Crippen molar-refractivity contribution in [1.82, 2.24) is 5.32 Å². The van der Waals surface area contributed by atoms with E-state index >= 15 is 0 Å². The van der Waals surface area contributed by atoms with Crippen molar-refractivity contribution in [3.63, 3.8) is 0 Å².